The van der Waals surface area contributed by atoms with Gasteiger partial charge in [-0.25, -0.2) is 9.50 Å². The monoisotopic (exact) mass is 524 g/mol. The Morgan fingerprint density at radius 3 is 2.64 bits per heavy atom. The first kappa shape index (κ1) is 23.6. The van der Waals surface area contributed by atoms with Crippen LogP contribution in [0, 0.1) is 11.8 Å². The Kier molecular flexibility index (Phi) is 5.70. The fourth-order valence-corrected chi connectivity index (χ4v) is 7.34. The third-order valence-electron chi connectivity index (χ3n) is 6.32. The van der Waals surface area contributed by atoms with E-state index in [1.54, 1.807) is 6.07 Å². The van der Waals surface area contributed by atoms with Crippen molar-refractivity contribution in [3.8, 4) is 0 Å². The molecule has 0 aromatic carbocycles. The number of imidazole rings is 1. The first-order valence-corrected chi connectivity index (χ1v) is 14.1. The van der Waals surface area contributed by atoms with E-state index < -0.39 is 52.1 Å². The predicted octanol–water partition coefficient (Wildman–Crippen LogP) is 0.123. The zero-order valence-electron chi connectivity index (χ0n) is 17.1. The summed E-state index contributed by atoms with van der Waals surface area (Å²) in [4.78, 5) is 33.9. The summed E-state index contributed by atoms with van der Waals surface area (Å²) in [7, 11) is -9.46. The molecule has 2 aromatic heterocycles. The quantitative estimate of drug-likeness (QED) is 0.308. The SMILES string of the molecule is O=P(O)(O)CP(=O)(O)OC[C@H]1OC[C@@](O)(c2ncc3c(N4CC5CC5C4)cc(Cl)nn23)[C@@H]1O. The lowest BCUT2D eigenvalue weighted by molar-refractivity contribution is -0.0652. The van der Waals surface area contributed by atoms with Crippen LogP contribution in [0.5, 0.6) is 0 Å². The summed E-state index contributed by atoms with van der Waals surface area (Å²) in [6.07, 6.45) is -0.155. The van der Waals surface area contributed by atoms with Crippen molar-refractivity contribution in [2.75, 3.05) is 37.1 Å². The third kappa shape index (κ3) is 4.48. The van der Waals surface area contributed by atoms with Crippen LogP contribution in [0.3, 0.4) is 0 Å². The predicted molar refractivity (Wildman–Crippen MR) is 114 cm³/mol. The second kappa shape index (κ2) is 7.96. The molecule has 3 fully saturated rings. The molecule has 5 N–H and O–H groups in total. The Morgan fingerprint density at radius 1 is 1.27 bits per heavy atom. The zero-order chi connectivity index (χ0) is 23.8. The van der Waals surface area contributed by atoms with Crippen molar-refractivity contribution in [2.24, 2.45) is 11.8 Å². The maximum absolute atomic E-state index is 11.9. The minimum Gasteiger partial charge on any atom is -0.387 e. The number of hydrogen-bond donors (Lipinski definition) is 5. The minimum absolute atomic E-state index is 0.0250. The van der Waals surface area contributed by atoms with Crippen molar-refractivity contribution < 1.29 is 43.3 Å². The molecule has 0 spiro atoms. The van der Waals surface area contributed by atoms with Crippen LogP contribution >= 0.6 is 26.8 Å². The highest BCUT2D eigenvalue weighted by atomic mass is 35.5. The second-order valence-electron chi connectivity index (χ2n) is 8.85. The molecule has 1 aliphatic carbocycles. The maximum atomic E-state index is 11.9. The highest BCUT2D eigenvalue weighted by Crippen LogP contribution is 2.55. The molecular weight excluding hydrogens is 502 g/mol. The Labute approximate surface area is 192 Å². The molecule has 6 atom stereocenters. The van der Waals surface area contributed by atoms with E-state index >= 15 is 0 Å². The lowest BCUT2D eigenvalue weighted by Crippen LogP contribution is -2.44. The number of ether oxygens (including phenoxy) is 1. The molecule has 3 unspecified atom stereocenters. The van der Waals surface area contributed by atoms with Crippen molar-refractivity contribution in [3.63, 3.8) is 0 Å². The van der Waals surface area contributed by atoms with Crippen molar-refractivity contribution in [1.29, 1.82) is 0 Å². The summed E-state index contributed by atoms with van der Waals surface area (Å²) < 4.78 is 34.3. The smallest absolute Gasteiger partial charge is 0.340 e. The number of aliphatic hydroxyl groups is 2. The molecule has 2 aliphatic heterocycles. The van der Waals surface area contributed by atoms with E-state index in [4.69, 9.17) is 30.6 Å². The van der Waals surface area contributed by atoms with E-state index in [1.165, 1.54) is 17.1 Å². The van der Waals surface area contributed by atoms with E-state index in [9.17, 15) is 24.2 Å². The molecule has 4 heterocycles. The Balaban J connectivity index is 1.38. The molecule has 2 aromatic rings. The maximum Gasteiger partial charge on any atom is 0.340 e. The summed E-state index contributed by atoms with van der Waals surface area (Å²) >= 11 is 6.24. The van der Waals surface area contributed by atoms with Gasteiger partial charge in [0.15, 0.2) is 22.5 Å². The van der Waals surface area contributed by atoms with Gasteiger partial charge in [-0.15, -0.1) is 0 Å². The lowest BCUT2D eigenvalue weighted by atomic mass is 9.96. The largest absolute Gasteiger partial charge is 0.387 e. The molecule has 2 saturated heterocycles. The molecular formula is C17H23ClN4O9P2. The van der Waals surface area contributed by atoms with Crippen molar-refractivity contribution in [2.45, 2.75) is 24.2 Å². The average molecular weight is 525 g/mol. The van der Waals surface area contributed by atoms with E-state index in [0.717, 1.165) is 18.8 Å². The van der Waals surface area contributed by atoms with Crippen LogP contribution in [0.2, 0.25) is 5.15 Å². The highest BCUT2D eigenvalue weighted by molar-refractivity contribution is 7.70. The highest BCUT2D eigenvalue weighted by Gasteiger charge is 2.53. The van der Waals surface area contributed by atoms with Gasteiger partial charge in [0.2, 0.25) is 0 Å². The van der Waals surface area contributed by atoms with Crippen LogP contribution in [0.1, 0.15) is 12.2 Å². The van der Waals surface area contributed by atoms with Gasteiger partial charge >= 0.3 is 15.2 Å². The normalized spacial score (nSPS) is 33.5. The Hall–Kier alpha value is -1.11. The van der Waals surface area contributed by atoms with Crippen LogP contribution in [-0.2, 0) is 24.0 Å². The number of nitrogens with zero attached hydrogens (tertiary/aromatic N) is 4. The standard InChI is InChI=1S/C17H23ClN4O9P2/c18-14-2-11(21-4-9-1-10(9)5-21)12-3-19-16(22(12)20-14)17(24)7-30-13(15(17)23)6-31-33(28,29)8-32(25,26)27/h2-3,9-10,13,15,23-24H,1,4-8H2,(H,28,29)(H2,25,26,27)/t9?,10?,13-,15-,17+/m1/s1. The molecule has 182 valence electrons. The molecule has 0 bridgehead atoms. The summed E-state index contributed by atoms with van der Waals surface area (Å²) in [6, 6.07) is 1.73. The molecule has 33 heavy (non-hydrogen) atoms. The minimum atomic E-state index is -4.81. The summed E-state index contributed by atoms with van der Waals surface area (Å²) in [5.74, 6) is -0.0607. The van der Waals surface area contributed by atoms with Crippen molar-refractivity contribution >= 4 is 38.0 Å². The number of anilines is 1. The first-order valence-electron chi connectivity index (χ1n) is 10.2. The summed E-state index contributed by atoms with van der Waals surface area (Å²) in [5.41, 5.74) is -0.625. The number of fused-ring (bicyclic) bond motifs is 2. The molecule has 0 radical (unpaired) electrons. The van der Waals surface area contributed by atoms with Gasteiger partial charge in [-0.2, -0.15) is 5.10 Å². The molecule has 13 nitrogen and oxygen atoms in total. The molecule has 16 heteroatoms. The number of aliphatic hydroxyl groups excluding tert-OH is 1. The lowest BCUT2D eigenvalue weighted by Gasteiger charge is -2.26. The van der Waals surface area contributed by atoms with Crippen LogP contribution < -0.4 is 4.90 Å². The van der Waals surface area contributed by atoms with Gasteiger partial charge in [0.1, 0.15) is 17.7 Å². The van der Waals surface area contributed by atoms with Crippen molar-refractivity contribution in [1.82, 2.24) is 14.6 Å². The third-order valence-corrected chi connectivity index (χ3v) is 9.96. The number of piperidine rings is 1. The Bertz CT molecular complexity index is 1180. The zero-order valence-corrected chi connectivity index (χ0v) is 19.7. The van der Waals surface area contributed by atoms with Gasteiger partial charge in [0.05, 0.1) is 25.1 Å². The molecule has 1 saturated carbocycles. The van der Waals surface area contributed by atoms with Gasteiger partial charge in [-0.05, 0) is 18.3 Å². The average Bonchev–Trinajstić information content (AvgIpc) is 3.01. The number of aromatic nitrogens is 3. The van der Waals surface area contributed by atoms with E-state index in [2.05, 4.69) is 15.0 Å². The molecule has 3 aliphatic rings. The van der Waals surface area contributed by atoms with Gasteiger partial charge in [0, 0.05) is 19.2 Å². The van der Waals surface area contributed by atoms with Gasteiger partial charge in [-0.3, -0.25) is 9.13 Å². The fraction of sp³-hybridized carbons (Fsp3) is 0.647. The Morgan fingerprint density at radius 2 is 1.97 bits per heavy atom. The van der Waals surface area contributed by atoms with Gasteiger partial charge < -0.3 is 39.1 Å². The van der Waals surface area contributed by atoms with Crippen molar-refractivity contribution in [3.05, 3.63) is 23.2 Å². The fourth-order valence-electron chi connectivity index (χ4n) is 4.59. The number of halogens is 1. The topological polar surface area (TPSA) is 187 Å². The van der Waals surface area contributed by atoms with Gasteiger partial charge in [-0.1, -0.05) is 11.6 Å². The second-order valence-corrected chi connectivity index (χ2v) is 13.2. The molecule has 0 amide bonds. The van der Waals surface area contributed by atoms with E-state index in [0.29, 0.717) is 17.4 Å². The van der Waals surface area contributed by atoms with Crippen LogP contribution in [0.15, 0.2) is 12.3 Å². The first-order chi connectivity index (χ1) is 15.4. The van der Waals surface area contributed by atoms with Crippen LogP contribution in [0.25, 0.3) is 5.52 Å². The number of rotatable bonds is 7. The summed E-state index contributed by atoms with van der Waals surface area (Å²) in [6.45, 7) is 0.683. The van der Waals surface area contributed by atoms with E-state index in [1.807, 2.05) is 0 Å². The van der Waals surface area contributed by atoms with Crippen LogP contribution in [-0.4, -0.2) is 83.9 Å². The summed E-state index contributed by atoms with van der Waals surface area (Å²) in [5, 5.41) is 26.4. The number of hydrogen-bond acceptors (Lipinski definition) is 9. The van der Waals surface area contributed by atoms with Gasteiger partial charge in [0.25, 0.3) is 0 Å². The molecule has 5 rings (SSSR count). The van der Waals surface area contributed by atoms with Crippen LogP contribution in [0.4, 0.5) is 5.69 Å². The van der Waals surface area contributed by atoms with E-state index in [-0.39, 0.29) is 11.0 Å².